The third-order valence-electron chi connectivity index (χ3n) is 2.18. The number of aliphatic hydroxyl groups is 1. The Hall–Kier alpha value is -1.06. The maximum absolute atomic E-state index is 9.67. The van der Waals surface area contributed by atoms with Crippen molar-refractivity contribution >= 4 is 0 Å². The molecule has 72 valence electrons. The number of nitrogens with two attached hydrogens (primary N) is 1. The molecule has 0 radical (unpaired) electrons. The molecule has 0 heterocycles. The highest BCUT2D eigenvalue weighted by atomic mass is 16.3. The predicted molar refractivity (Wildman–Crippen MR) is 51.5 cm³/mol. The molecule has 1 aromatic rings. The van der Waals surface area contributed by atoms with Crippen LogP contribution >= 0.6 is 0 Å². The normalized spacial score (nSPS) is 15.4. The highest BCUT2D eigenvalue weighted by Crippen LogP contribution is 2.29. The molecule has 0 saturated heterocycles. The quantitative estimate of drug-likeness (QED) is 0.634. The monoisotopic (exact) mass is 181 g/mol. The molecule has 0 amide bonds. The van der Waals surface area contributed by atoms with Crippen molar-refractivity contribution in [1.82, 2.24) is 0 Å². The van der Waals surface area contributed by atoms with Crippen LogP contribution in [-0.2, 0) is 5.54 Å². The second kappa shape index (κ2) is 3.36. The van der Waals surface area contributed by atoms with E-state index in [1.165, 1.54) is 0 Å². The Labute approximate surface area is 77.8 Å². The van der Waals surface area contributed by atoms with Gasteiger partial charge in [0.2, 0.25) is 0 Å². The van der Waals surface area contributed by atoms with Gasteiger partial charge in [-0.2, -0.15) is 0 Å². The minimum absolute atomic E-state index is 0.168. The number of aliphatic hydroxyl groups excluding tert-OH is 1. The fraction of sp³-hybridized carbons (Fsp3) is 0.400. The van der Waals surface area contributed by atoms with Crippen molar-refractivity contribution in [3.05, 3.63) is 29.3 Å². The van der Waals surface area contributed by atoms with E-state index in [2.05, 4.69) is 0 Å². The van der Waals surface area contributed by atoms with Crippen molar-refractivity contribution in [2.75, 3.05) is 6.61 Å². The predicted octanol–water partition coefficient (Wildman–Crippen LogP) is 0.867. The van der Waals surface area contributed by atoms with Gasteiger partial charge in [0.15, 0.2) is 0 Å². The molecule has 4 N–H and O–H groups in total. The summed E-state index contributed by atoms with van der Waals surface area (Å²) < 4.78 is 0. The van der Waals surface area contributed by atoms with Gasteiger partial charge in [-0.3, -0.25) is 0 Å². The minimum Gasteiger partial charge on any atom is -0.507 e. The summed E-state index contributed by atoms with van der Waals surface area (Å²) in [4.78, 5) is 0. The number of hydrogen-bond acceptors (Lipinski definition) is 3. The van der Waals surface area contributed by atoms with E-state index in [1.54, 1.807) is 26.0 Å². The Morgan fingerprint density at radius 2 is 2.08 bits per heavy atom. The van der Waals surface area contributed by atoms with Gasteiger partial charge in [-0.1, -0.05) is 18.2 Å². The highest BCUT2D eigenvalue weighted by molar-refractivity contribution is 5.43. The molecular weight excluding hydrogens is 166 g/mol. The van der Waals surface area contributed by atoms with Crippen molar-refractivity contribution in [1.29, 1.82) is 0 Å². The van der Waals surface area contributed by atoms with Crippen molar-refractivity contribution in [3.63, 3.8) is 0 Å². The van der Waals surface area contributed by atoms with E-state index in [0.717, 1.165) is 5.56 Å². The van der Waals surface area contributed by atoms with Crippen LogP contribution in [0.4, 0.5) is 0 Å². The van der Waals surface area contributed by atoms with Crippen LogP contribution in [0.2, 0.25) is 0 Å². The summed E-state index contributed by atoms with van der Waals surface area (Å²) in [5.41, 5.74) is 6.26. The van der Waals surface area contributed by atoms with Gasteiger partial charge < -0.3 is 15.9 Å². The third kappa shape index (κ3) is 1.82. The first kappa shape index (κ1) is 10.0. The zero-order valence-corrected chi connectivity index (χ0v) is 7.91. The van der Waals surface area contributed by atoms with Gasteiger partial charge in [-0.25, -0.2) is 0 Å². The topological polar surface area (TPSA) is 66.5 Å². The molecule has 0 saturated carbocycles. The fourth-order valence-corrected chi connectivity index (χ4v) is 1.20. The number of benzene rings is 1. The lowest BCUT2D eigenvalue weighted by Gasteiger charge is -2.23. The zero-order chi connectivity index (χ0) is 10.1. The van der Waals surface area contributed by atoms with E-state index in [4.69, 9.17) is 10.8 Å². The summed E-state index contributed by atoms with van der Waals surface area (Å²) >= 11 is 0. The Kier molecular flexibility index (Phi) is 2.59. The van der Waals surface area contributed by atoms with Crippen molar-refractivity contribution in [2.24, 2.45) is 5.73 Å². The summed E-state index contributed by atoms with van der Waals surface area (Å²) in [7, 11) is 0. The summed E-state index contributed by atoms with van der Waals surface area (Å²) in [6.45, 7) is 3.29. The molecule has 0 aliphatic rings. The summed E-state index contributed by atoms with van der Waals surface area (Å²) in [5.74, 6) is 0.168. The molecule has 13 heavy (non-hydrogen) atoms. The summed E-state index contributed by atoms with van der Waals surface area (Å²) in [6, 6.07) is 5.33. The molecule has 3 nitrogen and oxygen atoms in total. The number of phenols is 1. The Morgan fingerprint density at radius 1 is 1.46 bits per heavy atom. The van der Waals surface area contributed by atoms with Crippen LogP contribution < -0.4 is 5.73 Å². The Balaban J connectivity index is 3.22. The van der Waals surface area contributed by atoms with Crippen LogP contribution in [0, 0.1) is 6.92 Å². The number of phenolic OH excluding ortho intramolecular Hbond substituents is 1. The lowest BCUT2D eigenvalue weighted by molar-refractivity contribution is 0.207. The first-order chi connectivity index (χ1) is 5.99. The Bertz CT molecular complexity index is 308. The van der Waals surface area contributed by atoms with E-state index in [9.17, 15) is 5.11 Å². The molecule has 0 aliphatic heterocycles. The van der Waals surface area contributed by atoms with Crippen LogP contribution in [0.5, 0.6) is 5.75 Å². The molecular formula is C10H15NO2. The molecule has 1 aromatic carbocycles. The molecule has 1 atom stereocenters. The average molecular weight is 181 g/mol. The van der Waals surface area contributed by atoms with Gasteiger partial charge in [0.1, 0.15) is 5.75 Å². The highest BCUT2D eigenvalue weighted by Gasteiger charge is 2.23. The minimum atomic E-state index is -0.879. The number of rotatable bonds is 2. The zero-order valence-electron chi connectivity index (χ0n) is 7.91. The van der Waals surface area contributed by atoms with Crippen molar-refractivity contribution in [2.45, 2.75) is 19.4 Å². The Morgan fingerprint density at radius 3 is 2.62 bits per heavy atom. The maximum Gasteiger partial charge on any atom is 0.123 e. The van der Waals surface area contributed by atoms with Crippen molar-refractivity contribution in [3.8, 4) is 5.75 Å². The largest absolute Gasteiger partial charge is 0.507 e. The van der Waals surface area contributed by atoms with E-state index in [0.29, 0.717) is 5.56 Å². The molecule has 0 fully saturated rings. The summed E-state index contributed by atoms with van der Waals surface area (Å²) in [6.07, 6.45) is 0. The number of para-hydroxylation sites is 1. The number of aryl methyl sites for hydroxylation is 1. The summed E-state index contributed by atoms with van der Waals surface area (Å²) in [5, 5.41) is 18.7. The van der Waals surface area contributed by atoms with Crippen LogP contribution in [0.25, 0.3) is 0 Å². The van der Waals surface area contributed by atoms with Crippen LogP contribution in [-0.4, -0.2) is 16.8 Å². The smallest absolute Gasteiger partial charge is 0.123 e. The van der Waals surface area contributed by atoms with Crippen LogP contribution in [0.1, 0.15) is 18.1 Å². The van der Waals surface area contributed by atoms with E-state index in [-0.39, 0.29) is 12.4 Å². The van der Waals surface area contributed by atoms with Gasteiger partial charge in [0.25, 0.3) is 0 Å². The lowest BCUT2D eigenvalue weighted by atomic mass is 9.92. The van der Waals surface area contributed by atoms with E-state index >= 15 is 0 Å². The van der Waals surface area contributed by atoms with E-state index in [1.807, 2.05) is 6.07 Å². The molecule has 3 heteroatoms. The average Bonchev–Trinajstić information content (AvgIpc) is 2.09. The second-order valence-electron chi connectivity index (χ2n) is 3.55. The molecule has 0 bridgehead atoms. The lowest BCUT2D eigenvalue weighted by Crippen LogP contribution is -2.37. The van der Waals surface area contributed by atoms with Crippen LogP contribution in [0.3, 0.4) is 0 Å². The molecule has 0 aromatic heterocycles. The van der Waals surface area contributed by atoms with Gasteiger partial charge in [0.05, 0.1) is 12.1 Å². The first-order valence-corrected chi connectivity index (χ1v) is 4.18. The molecule has 1 rings (SSSR count). The van der Waals surface area contributed by atoms with Gasteiger partial charge >= 0.3 is 0 Å². The standard InChI is InChI=1S/C10H15NO2/c1-7-4-3-5-8(9(7)13)10(2,11)6-12/h3-5,12-13H,6,11H2,1-2H3/t10-/m0/s1. The van der Waals surface area contributed by atoms with Gasteiger partial charge in [-0.05, 0) is 19.4 Å². The third-order valence-corrected chi connectivity index (χ3v) is 2.18. The number of aromatic hydroxyl groups is 1. The molecule has 0 spiro atoms. The van der Waals surface area contributed by atoms with Crippen molar-refractivity contribution < 1.29 is 10.2 Å². The first-order valence-electron chi connectivity index (χ1n) is 4.18. The van der Waals surface area contributed by atoms with E-state index < -0.39 is 5.54 Å². The van der Waals surface area contributed by atoms with Gasteiger partial charge in [-0.15, -0.1) is 0 Å². The number of hydrogen-bond donors (Lipinski definition) is 3. The second-order valence-corrected chi connectivity index (χ2v) is 3.55. The van der Waals surface area contributed by atoms with Crippen LogP contribution in [0.15, 0.2) is 18.2 Å². The SMILES string of the molecule is Cc1cccc([C@@](C)(N)CO)c1O. The van der Waals surface area contributed by atoms with Gasteiger partial charge in [0, 0.05) is 5.56 Å². The molecule has 0 unspecified atom stereocenters. The molecule has 0 aliphatic carbocycles. The maximum atomic E-state index is 9.67. The fourth-order valence-electron chi connectivity index (χ4n) is 1.20.